The molecule has 21 heavy (non-hydrogen) atoms. The molecule has 2 atom stereocenters. The maximum atomic E-state index is 9.96. The summed E-state index contributed by atoms with van der Waals surface area (Å²) < 4.78 is 10.6. The van der Waals surface area contributed by atoms with Gasteiger partial charge in [0.25, 0.3) is 0 Å². The second-order valence-corrected chi connectivity index (χ2v) is 5.48. The van der Waals surface area contributed by atoms with Crippen LogP contribution in [0.1, 0.15) is 36.9 Å². The molecule has 0 bridgehead atoms. The number of fused-ring (bicyclic) bond motifs is 1. The SMILES string of the molecule is CCOCCOCC(O)CNC1CCCc2ccccc21. The van der Waals surface area contributed by atoms with Crippen molar-refractivity contribution in [2.24, 2.45) is 0 Å². The lowest BCUT2D eigenvalue weighted by atomic mass is 9.88. The normalized spacial score (nSPS) is 19.2. The molecule has 0 fully saturated rings. The molecule has 1 aromatic carbocycles. The molecule has 0 saturated carbocycles. The average Bonchev–Trinajstić information content (AvgIpc) is 2.52. The van der Waals surface area contributed by atoms with E-state index in [0.29, 0.717) is 39.0 Å². The van der Waals surface area contributed by atoms with E-state index in [2.05, 4.69) is 29.6 Å². The van der Waals surface area contributed by atoms with Gasteiger partial charge in [0.05, 0.1) is 25.9 Å². The van der Waals surface area contributed by atoms with Crippen molar-refractivity contribution in [3.05, 3.63) is 35.4 Å². The maximum absolute atomic E-state index is 9.96. The molecule has 2 unspecified atom stereocenters. The Balaban J connectivity index is 1.69. The summed E-state index contributed by atoms with van der Waals surface area (Å²) in [5.74, 6) is 0. The average molecular weight is 293 g/mol. The van der Waals surface area contributed by atoms with Gasteiger partial charge >= 0.3 is 0 Å². The Bertz CT molecular complexity index is 411. The van der Waals surface area contributed by atoms with E-state index < -0.39 is 6.10 Å². The first-order valence-corrected chi connectivity index (χ1v) is 7.96. The predicted molar refractivity (Wildman–Crippen MR) is 83.4 cm³/mol. The van der Waals surface area contributed by atoms with Crippen LogP contribution < -0.4 is 5.32 Å². The van der Waals surface area contributed by atoms with Crippen LogP contribution >= 0.6 is 0 Å². The Morgan fingerprint density at radius 3 is 2.95 bits per heavy atom. The summed E-state index contributed by atoms with van der Waals surface area (Å²) in [5.41, 5.74) is 2.82. The zero-order valence-electron chi connectivity index (χ0n) is 12.9. The van der Waals surface area contributed by atoms with Gasteiger partial charge in [0.2, 0.25) is 0 Å². The number of aliphatic hydroxyl groups excluding tert-OH is 1. The van der Waals surface area contributed by atoms with Crippen molar-refractivity contribution in [2.45, 2.75) is 38.3 Å². The van der Waals surface area contributed by atoms with Crippen LogP contribution in [0.15, 0.2) is 24.3 Å². The summed E-state index contributed by atoms with van der Waals surface area (Å²) >= 11 is 0. The van der Waals surface area contributed by atoms with Crippen LogP contribution in [0.3, 0.4) is 0 Å². The fourth-order valence-electron chi connectivity index (χ4n) is 2.78. The third-order valence-electron chi connectivity index (χ3n) is 3.86. The number of ether oxygens (including phenoxy) is 2. The highest BCUT2D eigenvalue weighted by molar-refractivity contribution is 5.32. The number of hydrogen-bond donors (Lipinski definition) is 2. The molecule has 1 aliphatic carbocycles. The lowest BCUT2D eigenvalue weighted by Gasteiger charge is -2.27. The quantitative estimate of drug-likeness (QED) is 0.684. The van der Waals surface area contributed by atoms with Crippen molar-refractivity contribution < 1.29 is 14.6 Å². The molecular formula is C17H27NO3. The Morgan fingerprint density at radius 1 is 1.29 bits per heavy atom. The third kappa shape index (κ3) is 5.40. The predicted octanol–water partition coefficient (Wildman–Crippen LogP) is 2.07. The van der Waals surface area contributed by atoms with Crippen LogP contribution in [-0.4, -0.2) is 44.2 Å². The van der Waals surface area contributed by atoms with E-state index in [1.165, 1.54) is 17.5 Å². The van der Waals surface area contributed by atoms with Gasteiger partial charge in [0, 0.05) is 19.2 Å². The topological polar surface area (TPSA) is 50.7 Å². The molecular weight excluding hydrogens is 266 g/mol. The minimum absolute atomic E-state index is 0.355. The number of rotatable bonds is 9. The Labute approximate surface area is 127 Å². The molecule has 1 aliphatic rings. The first kappa shape index (κ1) is 16.4. The number of aryl methyl sites for hydroxylation is 1. The molecule has 0 aromatic heterocycles. The monoisotopic (exact) mass is 293 g/mol. The molecule has 0 saturated heterocycles. The molecule has 0 radical (unpaired) electrons. The summed E-state index contributed by atoms with van der Waals surface area (Å²) in [6.45, 7) is 4.71. The van der Waals surface area contributed by atoms with Gasteiger partial charge in [-0.3, -0.25) is 0 Å². The first-order chi connectivity index (χ1) is 10.3. The van der Waals surface area contributed by atoms with Crippen LogP contribution in [0.2, 0.25) is 0 Å². The fraction of sp³-hybridized carbons (Fsp3) is 0.647. The van der Waals surface area contributed by atoms with Crippen molar-refractivity contribution in [1.29, 1.82) is 0 Å². The van der Waals surface area contributed by atoms with Gasteiger partial charge in [0.1, 0.15) is 0 Å². The molecule has 2 rings (SSSR count). The van der Waals surface area contributed by atoms with Crippen molar-refractivity contribution >= 4 is 0 Å². The molecule has 118 valence electrons. The molecule has 0 amide bonds. The Kier molecular flexibility index (Phi) is 7.16. The summed E-state index contributed by atoms with van der Waals surface area (Å²) in [5, 5.41) is 13.4. The number of hydrogen-bond acceptors (Lipinski definition) is 4. The van der Waals surface area contributed by atoms with Gasteiger partial charge in [-0.2, -0.15) is 0 Å². The van der Waals surface area contributed by atoms with E-state index in [0.717, 1.165) is 12.8 Å². The molecule has 4 nitrogen and oxygen atoms in total. The van der Waals surface area contributed by atoms with Crippen LogP contribution in [0.25, 0.3) is 0 Å². The fourth-order valence-corrected chi connectivity index (χ4v) is 2.78. The van der Waals surface area contributed by atoms with Crippen LogP contribution in [0, 0.1) is 0 Å². The smallest absolute Gasteiger partial charge is 0.0897 e. The largest absolute Gasteiger partial charge is 0.389 e. The van der Waals surface area contributed by atoms with Gasteiger partial charge < -0.3 is 19.9 Å². The molecule has 2 N–H and O–H groups in total. The number of benzene rings is 1. The molecule has 0 spiro atoms. The lowest BCUT2D eigenvalue weighted by Crippen LogP contribution is -2.34. The van der Waals surface area contributed by atoms with E-state index in [4.69, 9.17) is 9.47 Å². The van der Waals surface area contributed by atoms with Gasteiger partial charge in [-0.1, -0.05) is 24.3 Å². The van der Waals surface area contributed by atoms with Crippen LogP contribution in [-0.2, 0) is 15.9 Å². The maximum Gasteiger partial charge on any atom is 0.0897 e. The highest BCUT2D eigenvalue weighted by Gasteiger charge is 2.19. The lowest BCUT2D eigenvalue weighted by molar-refractivity contribution is 0.00556. The highest BCUT2D eigenvalue weighted by Crippen LogP contribution is 2.29. The van der Waals surface area contributed by atoms with Crippen LogP contribution in [0.4, 0.5) is 0 Å². The van der Waals surface area contributed by atoms with Gasteiger partial charge in [-0.25, -0.2) is 0 Å². The first-order valence-electron chi connectivity index (χ1n) is 7.96. The van der Waals surface area contributed by atoms with Crippen molar-refractivity contribution in [2.75, 3.05) is 33.0 Å². The Hall–Kier alpha value is -0.940. The van der Waals surface area contributed by atoms with E-state index in [9.17, 15) is 5.11 Å². The second-order valence-electron chi connectivity index (χ2n) is 5.48. The highest BCUT2D eigenvalue weighted by atomic mass is 16.5. The Morgan fingerprint density at radius 2 is 2.10 bits per heavy atom. The van der Waals surface area contributed by atoms with Gasteiger partial charge in [-0.05, 0) is 37.3 Å². The van der Waals surface area contributed by atoms with Gasteiger partial charge in [0.15, 0.2) is 0 Å². The third-order valence-corrected chi connectivity index (χ3v) is 3.86. The van der Waals surface area contributed by atoms with Crippen molar-refractivity contribution in [3.63, 3.8) is 0 Å². The molecule has 0 aliphatic heterocycles. The number of nitrogens with one attached hydrogen (secondary N) is 1. The second kappa shape index (κ2) is 9.15. The zero-order chi connectivity index (χ0) is 14.9. The zero-order valence-corrected chi connectivity index (χ0v) is 12.9. The summed E-state index contributed by atoms with van der Waals surface area (Å²) in [6.07, 6.45) is 3.03. The summed E-state index contributed by atoms with van der Waals surface area (Å²) in [4.78, 5) is 0. The standard InChI is InChI=1S/C17H27NO3/c1-2-20-10-11-21-13-15(19)12-18-17-9-5-7-14-6-3-4-8-16(14)17/h3-4,6,8,15,17-19H,2,5,7,9-13H2,1H3. The molecule has 1 aromatic rings. The van der Waals surface area contributed by atoms with E-state index in [-0.39, 0.29) is 0 Å². The van der Waals surface area contributed by atoms with E-state index in [1.807, 2.05) is 6.92 Å². The van der Waals surface area contributed by atoms with Gasteiger partial charge in [-0.15, -0.1) is 0 Å². The minimum atomic E-state index is -0.472. The summed E-state index contributed by atoms with van der Waals surface area (Å²) in [6, 6.07) is 8.94. The molecule has 0 heterocycles. The summed E-state index contributed by atoms with van der Waals surface area (Å²) in [7, 11) is 0. The minimum Gasteiger partial charge on any atom is -0.389 e. The van der Waals surface area contributed by atoms with Crippen molar-refractivity contribution in [1.82, 2.24) is 5.32 Å². The van der Waals surface area contributed by atoms with E-state index >= 15 is 0 Å². The van der Waals surface area contributed by atoms with E-state index in [1.54, 1.807) is 0 Å². The van der Waals surface area contributed by atoms with Crippen LogP contribution in [0.5, 0.6) is 0 Å². The molecule has 4 heteroatoms. The van der Waals surface area contributed by atoms with Crippen molar-refractivity contribution in [3.8, 4) is 0 Å². The number of aliphatic hydroxyl groups is 1.